The van der Waals surface area contributed by atoms with E-state index in [4.69, 9.17) is 0 Å². The molecule has 4 aromatic rings. The Morgan fingerprint density at radius 3 is 2.89 bits per heavy atom. The molecular weight excluding hydrogens is 360 g/mol. The number of benzene rings is 1. The minimum Gasteiger partial charge on any atom is -0.350 e. The lowest BCUT2D eigenvalue weighted by Gasteiger charge is -2.08. The number of hydrogen-bond acceptors (Lipinski definition) is 5. The van der Waals surface area contributed by atoms with Crippen LogP contribution < -0.4 is 10.9 Å². The Morgan fingerprint density at radius 1 is 1.15 bits per heavy atom. The third-order valence-corrected chi connectivity index (χ3v) is 4.87. The molecule has 3 heterocycles. The molecule has 0 aliphatic carbocycles. The average molecular weight is 376 g/mol. The Bertz CT molecular complexity index is 1150. The highest BCUT2D eigenvalue weighted by Crippen LogP contribution is 2.21. The summed E-state index contributed by atoms with van der Waals surface area (Å²) in [6.07, 6.45) is 4.93. The van der Waals surface area contributed by atoms with E-state index in [1.807, 2.05) is 23.6 Å². The molecule has 1 amide bonds. The van der Waals surface area contributed by atoms with E-state index < -0.39 is 0 Å². The molecule has 0 saturated heterocycles. The van der Waals surface area contributed by atoms with Gasteiger partial charge in [0, 0.05) is 24.5 Å². The number of pyridine rings is 1. The van der Waals surface area contributed by atoms with Crippen LogP contribution in [0.4, 0.5) is 0 Å². The maximum Gasteiger partial charge on any atom is 0.261 e. The molecule has 6 nitrogen and oxygen atoms in total. The van der Waals surface area contributed by atoms with Crippen LogP contribution in [-0.4, -0.2) is 20.4 Å². The largest absolute Gasteiger partial charge is 0.350 e. The molecular formula is C20H16N4O2S. The van der Waals surface area contributed by atoms with Crippen LogP contribution in [0.25, 0.3) is 22.0 Å². The third-order valence-electron chi connectivity index (χ3n) is 4.18. The first-order valence-electron chi connectivity index (χ1n) is 8.38. The van der Waals surface area contributed by atoms with Gasteiger partial charge in [-0.25, -0.2) is 4.98 Å². The highest BCUT2D eigenvalue weighted by Gasteiger charge is 2.08. The van der Waals surface area contributed by atoms with Crippen LogP contribution in [0.5, 0.6) is 0 Å². The van der Waals surface area contributed by atoms with Crippen molar-refractivity contribution in [3.05, 3.63) is 81.8 Å². The molecule has 4 rings (SSSR count). The number of carbonyl (C=O) groups is 1. The van der Waals surface area contributed by atoms with Gasteiger partial charge in [0.1, 0.15) is 6.54 Å². The van der Waals surface area contributed by atoms with Crippen molar-refractivity contribution < 1.29 is 4.79 Å². The summed E-state index contributed by atoms with van der Waals surface area (Å²) in [5, 5.41) is 7.40. The van der Waals surface area contributed by atoms with Gasteiger partial charge in [-0.15, -0.1) is 0 Å². The lowest BCUT2D eigenvalue weighted by molar-refractivity contribution is -0.121. The summed E-state index contributed by atoms with van der Waals surface area (Å²) in [4.78, 5) is 33.2. The van der Waals surface area contributed by atoms with Gasteiger partial charge in [0.25, 0.3) is 5.56 Å². The SMILES string of the molecule is O=C(Cn1cnc2ccccc2c1=O)NCc1cncc(-c2ccsc2)c1. The molecule has 0 aliphatic rings. The Morgan fingerprint density at radius 2 is 2.04 bits per heavy atom. The minimum atomic E-state index is -0.255. The molecule has 0 spiro atoms. The average Bonchev–Trinajstić information content (AvgIpc) is 3.24. The number of thiophene rings is 1. The number of aromatic nitrogens is 3. The zero-order chi connectivity index (χ0) is 18.6. The summed E-state index contributed by atoms with van der Waals surface area (Å²) in [5.41, 5.74) is 3.41. The number of fused-ring (bicyclic) bond motifs is 1. The number of carbonyl (C=O) groups excluding carboxylic acids is 1. The zero-order valence-electron chi connectivity index (χ0n) is 14.3. The molecule has 3 aromatic heterocycles. The van der Waals surface area contributed by atoms with Gasteiger partial charge in [-0.05, 0) is 46.2 Å². The Balaban J connectivity index is 1.44. The minimum absolute atomic E-state index is 0.0751. The molecule has 1 aromatic carbocycles. The fraction of sp³-hybridized carbons (Fsp3) is 0.100. The smallest absolute Gasteiger partial charge is 0.261 e. The summed E-state index contributed by atoms with van der Waals surface area (Å²) in [5.74, 6) is -0.255. The third kappa shape index (κ3) is 3.78. The standard InChI is InChI=1S/C20H16N4O2S/c25-19(11-24-13-23-18-4-2-1-3-17(18)20(24)26)22-9-14-7-16(10-21-8-14)15-5-6-27-12-15/h1-8,10,12-13H,9,11H2,(H,22,25). The van der Waals surface area contributed by atoms with Crippen molar-refractivity contribution in [3.63, 3.8) is 0 Å². The van der Waals surface area contributed by atoms with Crippen molar-refractivity contribution in [1.82, 2.24) is 19.9 Å². The molecule has 0 saturated carbocycles. The van der Waals surface area contributed by atoms with E-state index in [0.717, 1.165) is 16.7 Å². The van der Waals surface area contributed by atoms with E-state index >= 15 is 0 Å². The predicted molar refractivity (Wildman–Crippen MR) is 105 cm³/mol. The molecule has 134 valence electrons. The second kappa shape index (κ2) is 7.51. The number of hydrogen-bond donors (Lipinski definition) is 1. The van der Waals surface area contributed by atoms with Crippen molar-refractivity contribution in [2.24, 2.45) is 0 Å². The van der Waals surface area contributed by atoms with Gasteiger partial charge in [-0.2, -0.15) is 11.3 Å². The predicted octanol–water partition coefficient (Wildman–Crippen LogP) is 2.84. The molecule has 0 atom stereocenters. The van der Waals surface area contributed by atoms with E-state index in [-0.39, 0.29) is 18.0 Å². The van der Waals surface area contributed by atoms with Gasteiger partial charge >= 0.3 is 0 Å². The molecule has 1 N–H and O–H groups in total. The molecule has 0 bridgehead atoms. The molecule has 0 unspecified atom stereocenters. The summed E-state index contributed by atoms with van der Waals surface area (Å²) in [6, 6.07) is 11.1. The Hall–Kier alpha value is -3.32. The highest BCUT2D eigenvalue weighted by molar-refractivity contribution is 7.08. The van der Waals surface area contributed by atoms with Crippen molar-refractivity contribution in [2.45, 2.75) is 13.1 Å². The summed E-state index contributed by atoms with van der Waals surface area (Å²) in [7, 11) is 0. The van der Waals surface area contributed by atoms with Crippen LogP contribution in [0.2, 0.25) is 0 Å². The molecule has 0 radical (unpaired) electrons. The normalized spacial score (nSPS) is 10.8. The van der Waals surface area contributed by atoms with Crippen LogP contribution in [0.3, 0.4) is 0 Å². The first-order valence-corrected chi connectivity index (χ1v) is 9.32. The van der Waals surface area contributed by atoms with E-state index in [2.05, 4.69) is 20.7 Å². The lowest BCUT2D eigenvalue weighted by atomic mass is 10.1. The number of para-hydroxylation sites is 1. The van der Waals surface area contributed by atoms with Gasteiger partial charge in [0.15, 0.2) is 0 Å². The Labute approximate surface area is 159 Å². The second-order valence-corrected chi connectivity index (χ2v) is 6.85. The lowest BCUT2D eigenvalue weighted by Crippen LogP contribution is -2.32. The van der Waals surface area contributed by atoms with E-state index in [9.17, 15) is 9.59 Å². The van der Waals surface area contributed by atoms with Crippen molar-refractivity contribution >= 4 is 28.1 Å². The van der Waals surface area contributed by atoms with Gasteiger partial charge in [-0.3, -0.25) is 19.1 Å². The fourth-order valence-electron chi connectivity index (χ4n) is 2.80. The van der Waals surface area contributed by atoms with Crippen molar-refractivity contribution in [1.29, 1.82) is 0 Å². The van der Waals surface area contributed by atoms with Gasteiger partial charge in [0.05, 0.1) is 17.2 Å². The van der Waals surface area contributed by atoms with Gasteiger partial charge in [-0.1, -0.05) is 12.1 Å². The van der Waals surface area contributed by atoms with Gasteiger partial charge in [0.2, 0.25) is 5.91 Å². The highest BCUT2D eigenvalue weighted by atomic mass is 32.1. The van der Waals surface area contributed by atoms with Crippen LogP contribution in [-0.2, 0) is 17.9 Å². The fourth-order valence-corrected chi connectivity index (χ4v) is 3.47. The summed E-state index contributed by atoms with van der Waals surface area (Å²) in [6.45, 7) is 0.272. The molecule has 0 aliphatic heterocycles. The first-order chi connectivity index (χ1) is 13.2. The van der Waals surface area contributed by atoms with Crippen LogP contribution in [0.1, 0.15) is 5.56 Å². The number of amides is 1. The number of nitrogens with one attached hydrogen (secondary N) is 1. The van der Waals surface area contributed by atoms with Crippen molar-refractivity contribution in [3.8, 4) is 11.1 Å². The topological polar surface area (TPSA) is 76.9 Å². The maximum atomic E-state index is 12.4. The Kier molecular flexibility index (Phi) is 4.76. The van der Waals surface area contributed by atoms with Crippen molar-refractivity contribution in [2.75, 3.05) is 0 Å². The monoisotopic (exact) mass is 376 g/mol. The number of nitrogens with zero attached hydrogens (tertiary/aromatic N) is 3. The summed E-state index contributed by atoms with van der Waals surface area (Å²) >= 11 is 1.63. The first kappa shape index (κ1) is 17.1. The second-order valence-electron chi connectivity index (χ2n) is 6.07. The van der Waals surface area contributed by atoms with Gasteiger partial charge < -0.3 is 5.32 Å². The van der Waals surface area contributed by atoms with E-state index in [1.54, 1.807) is 41.9 Å². The van der Waals surface area contributed by atoms with E-state index in [0.29, 0.717) is 17.4 Å². The number of rotatable bonds is 5. The van der Waals surface area contributed by atoms with E-state index in [1.165, 1.54) is 10.9 Å². The van der Waals surface area contributed by atoms with Crippen LogP contribution in [0.15, 0.2) is 70.7 Å². The molecule has 0 fully saturated rings. The molecule has 27 heavy (non-hydrogen) atoms. The molecule has 7 heteroatoms. The quantitative estimate of drug-likeness (QED) is 0.581. The maximum absolute atomic E-state index is 12.4. The van der Waals surface area contributed by atoms with Crippen LogP contribution in [0, 0.1) is 0 Å². The van der Waals surface area contributed by atoms with Crippen LogP contribution >= 0.6 is 11.3 Å². The zero-order valence-corrected chi connectivity index (χ0v) is 15.1. The summed E-state index contributed by atoms with van der Waals surface area (Å²) < 4.78 is 1.32.